The zero-order valence-corrected chi connectivity index (χ0v) is 4.42. The number of rotatable bonds is 2. The second kappa shape index (κ2) is 2.42. The molecule has 0 spiro atoms. The van der Waals surface area contributed by atoms with Gasteiger partial charge in [-0.3, -0.25) is 0 Å². The van der Waals surface area contributed by atoms with E-state index in [0.29, 0.717) is 12.5 Å². The molecule has 0 atom stereocenters. The van der Waals surface area contributed by atoms with Gasteiger partial charge in [0.15, 0.2) is 0 Å². The Morgan fingerprint density at radius 3 is 3.25 bits per heavy atom. The van der Waals surface area contributed by atoms with Crippen molar-refractivity contribution in [2.75, 3.05) is 7.11 Å². The lowest BCUT2D eigenvalue weighted by Gasteiger charge is -1.85. The first kappa shape index (κ1) is 5.24. The van der Waals surface area contributed by atoms with Crippen LogP contribution in [0, 0.1) is 6.39 Å². The number of methoxy groups -OCH3 is 1. The zero-order chi connectivity index (χ0) is 5.82. The van der Waals surface area contributed by atoms with Gasteiger partial charge in [-0.2, -0.15) is 0 Å². The largest absolute Gasteiger partial charge is 0.414 e. The van der Waals surface area contributed by atoms with Crippen LogP contribution in [0.15, 0.2) is 4.42 Å². The monoisotopic (exact) mass is 113 g/mol. The first-order valence-corrected chi connectivity index (χ1v) is 2.11. The van der Waals surface area contributed by atoms with E-state index in [1.54, 1.807) is 7.11 Å². The standard InChI is InChI=1S/C4H5N2O2/c1-7-2-4-6-5-3-8-4/h2H2,1H3. The maximum Gasteiger partial charge on any atom is 0.306 e. The van der Waals surface area contributed by atoms with Crippen molar-refractivity contribution in [2.45, 2.75) is 6.61 Å². The second-order valence-electron chi connectivity index (χ2n) is 1.22. The van der Waals surface area contributed by atoms with E-state index in [1.807, 2.05) is 0 Å². The summed E-state index contributed by atoms with van der Waals surface area (Å²) in [6.07, 6.45) is 2.20. The summed E-state index contributed by atoms with van der Waals surface area (Å²) in [4.78, 5) is 0. The van der Waals surface area contributed by atoms with Gasteiger partial charge in [0.1, 0.15) is 6.61 Å². The van der Waals surface area contributed by atoms with E-state index in [4.69, 9.17) is 0 Å². The van der Waals surface area contributed by atoms with Gasteiger partial charge in [0.05, 0.1) is 0 Å². The van der Waals surface area contributed by atoms with Crippen LogP contribution in [0.3, 0.4) is 0 Å². The number of nitrogens with zero attached hydrogens (tertiary/aromatic N) is 2. The molecule has 0 unspecified atom stereocenters. The van der Waals surface area contributed by atoms with Crippen LogP contribution in [-0.2, 0) is 11.3 Å². The van der Waals surface area contributed by atoms with Gasteiger partial charge in [0, 0.05) is 7.11 Å². The summed E-state index contributed by atoms with van der Waals surface area (Å²) < 4.78 is 9.27. The summed E-state index contributed by atoms with van der Waals surface area (Å²) in [6.45, 7) is 0.358. The third-order valence-corrected chi connectivity index (χ3v) is 0.634. The number of hydrogen-bond acceptors (Lipinski definition) is 4. The van der Waals surface area contributed by atoms with Gasteiger partial charge in [-0.1, -0.05) is 0 Å². The lowest BCUT2D eigenvalue weighted by atomic mass is 10.7. The average molecular weight is 113 g/mol. The Morgan fingerprint density at radius 1 is 1.88 bits per heavy atom. The highest BCUT2D eigenvalue weighted by molar-refractivity contribution is 4.65. The molecule has 1 aromatic heterocycles. The highest BCUT2D eigenvalue weighted by atomic mass is 16.5. The molecule has 0 saturated heterocycles. The highest BCUT2D eigenvalue weighted by Gasteiger charge is 1.93. The van der Waals surface area contributed by atoms with E-state index in [9.17, 15) is 0 Å². The number of aromatic nitrogens is 2. The van der Waals surface area contributed by atoms with E-state index in [-0.39, 0.29) is 0 Å². The van der Waals surface area contributed by atoms with Gasteiger partial charge >= 0.3 is 6.39 Å². The van der Waals surface area contributed by atoms with Crippen LogP contribution in [0.25, 0.3) is 0 Å². The molecular formula is C4H5N2O2. The Labute approximate surface area is 46.5 Å². The minimum atomic E-state index is 0.358. The normalized spacial score (nSPS) is 9.62. The van der Waals surface area contributed by atoms with Crippen molar-refractivity contribution in [3.05, 3.63) is 12.3 Å². The molecule has 0 bridgehead atoms. The summed E-state index contributed by atoms with van der Waals surface area (Å²) in [7, 11) is 1.56. The second-order valence-corrected chi connectivity index (χ2v) is 1.22. The van der Waals surface area contributed by atoms with Crippen molar-refractivity contribution in [1.82, 2.24) is 10.2 Å². The number of hydrogen-bond donors (Lipinski definition) is 0. The van der Waals surface area contributed by atoms with Crippen molar-refractivity contribution in [3.63, 3.8) is 0 Å². The predicted molar refractivity (Wildman–Crippen MR) is 23.8 cm³/mol. The fourth-order valence-corrected chi connectivity index (χ4v) is 0.351. The first-order chi connectivity index (χ1) is 3.93. The summed E-state index contributed by atoms with van der Waals surface area (Å²) in [5.74, 6) is 0.451. The molecular weight excluding hydrogens is 108 g/mol. The Bertz CT molecular complexity index is 138. The number of ether oxygens (including phenoxy) is 1. The first-order valence-electron chi connectivity index (χ1n) is 2.11. The van der Waals surface area contributed by atoms with Crippen LogP contribution in [0.1, 0.15) is 5.89 Å². The van der Waals surface area contributed by atoms with Crippen molar-refractivity contribution in [2.24, 2.45) is 0 Å². The summed E-state index contributed by atoms with van der Waals surface area (Å²) in [5.41, 5.74) is 0. The summed E-state index contributed by atoms with van der Waals surface area (Å²) >= 11 is 0. The molecule has 0 aromatic carbocycles. The fraction of sp³-hybridized carbons (Fsp3) is 0.500. The Kier molecular flexibility index (Phi) is 1.58. The van der Waals surface area contributed by atoms with Crippen LogP contribution in [0.2, 0.25) is 0 Å². The average Bonchev–Trinajstić information content (AvgIpc) is 2.19. The van der Waals surface area contributed by atoms with Crippen LogP contribution in [0.5, 0.6) is 0 Å². The minimum absolute atomic E-state index is 0.358. The van der Waals surface area contributed by atoms with Gasteiger partial charge in [0.2, 0.25) is 5.89 Å². The molecule has 0 N–H and O–H groups in total. The van der Waals surface area contributed by atoms with Crippen LogP contribution in [0.4, 0.5) is 0 Å². The molecule has 1 heterocycles. The Hall–Kier alpha value is -0.900. The Balaban J connectivity index is 2.50. The maximum atomic E-state index is 4.67. The van der Waals surface area contributed by atoms with Crippen molar-refractivity contribution < 1.29 is 9.15 Å². The molecule has 0 saturated carbocycles. The van der Waals surface area contributed by atoms with Crippen LogP contribution < -0.4 is 0 Å². The SMILES string of the molecule is COCc1nn[c]o1. The predicted octanol–water partition coefficient (Wildman–Crippen LogP) is 0.0162. The van der Waals surface area contributed by atoms with Gasteiger partial charge in [0.25, 0.3) is 0 Å². The summed E-state index contributed by atoms with van der Waals surface area (Å²) in [6, 6.07) is 0. The van der Waals surface area contributed by atoms with Gasteiger partial charge in [-0.05, 0) is 0 Å². The lowest BCUT2D eigenvalue weighted by Crippen LogP contribution is -1.85. The fourth-order valence-electron chi connectivity index (χ4n) is 0.351. The van der Waals surface area contributed by atoms with E-state index >= 15 is 0 Å². The Morgan fingerprint density at radius 2 is 2.75 bits per heavy atom. The van der Waals surface area contributed by atoms with Gasteiger partial charge in [-0.25, -0.2) is 0 Å². The molecule has 1 aromatic rings. The third kappa shape index (κ3) is 1.04. The molecule has 1 radical (unpaired) electrons. The lowest BCUT2D eigenvalue weighted by molar-refractivity contribution is 0.159. The van der Waals surface area contributed by atoms with E-state index in [1.165, 1.54) is 0 Å². The van der Waals surface area contributed by atoms with Crippen molar-refractivity contribution >= 4 is 0 Å². The van der Waals surface area contributed by atoms with Crippen LogP contribution in [-0.4, -0.2) is 17.3 Å². The smallest absolute Gasteiger partial charge is 0.306 e. The topological polar surface area (TPSA) is 48.2 Å². The molecule has 0 aliphatic carbocycles. The highest BCUT2D eigenvalue weighted by Crippen LogP contribution is 1.90. The third-order valence-electron chi connectivity index (χ3n) is 0.634. The molecule has 0 amide bonds. The molecule has 1 rings (SSSR count). The summed E-state index contributed by atoms with van der Waals surface area (Å²) in [5, 5.41) is 6.83. The van der Waals surface area contributed by atoms with Crippen molar-refractivity contribution in [1.29, 1.82) is 0 Å². The molecule has 0 fully saturated rings. The molecule has 4 heteroatoms. The van der Waals surface area contributed by atoms with Crippen LogP contribution >= 0.6 is 0 Å². The molecule has 8 heavy (non-hydrogen) atoms. The zero-order valence-electron chi connectivity index (χ0n) is 4.42. The van der Waals surface area contributed by atoms with E-state index in [0.717, 1.165) is 0 Å². The molecule has 4 nitrogen and oxygen atoms in total. The molecule has 0 aliphatic heterocycles. The molecule has 0 aliphatic rings. The van der Waals surface area contributed by atoms with Crippen molar-refractivity contribution in [3.8, 4) is 0 Å². The van der Waals surface area contributed by atoms with Gasteiger partial charge in [-0.15, -0.1) is 10.2 Å². The quantitative estimate of drug-likeness (QED) is 0.542. The van der Waals surface area contributed by atoms with E-state index < -0.39 is 0 Å². The van der Waals surface area contributed by atoms with E-state index in [2.05, 4.69) is 25.7 Å². The minimum Gasteiger partial charge on any atom is -0.414 e. The maximum absolute atomic E-state index is 4.67. The van der Waals surface area contributed by atoms with Gasteiger partial charge < -0.3 is 9.15 Å². The molecule has 43 valence electrons.